The minimum absolute atomic E-state index is 0.0481. The van der Waals surface area contributed by atoms with Gasteiger partial charge in [-0.1, -0.05) is 13.8 Å². The standard InChI is InChI=1S/C18H27NO2/c1-13(2)15-5-4-9-19(10-8-15)12-17-11-16(14(3)20)6-7-18(17)21/h6-7,11,13,15,21H,4-5,8-10,12H2,1-3H3. The number of benzene rings is 1. The number of likely N-dealkylation sites (tertiary alicyclic amines) is 1. The van der Waals surface area contributed by atoms with Gasteiger partial charge in [0.25, 0.3) is 0 Å². The molecule has 0 amide bonds. The molecule has 0 bridgehead atoms. The summed E-state index contributed by atoms with van der Waals surface area (Å²) in [5.41, 5.74) is 1.54. The predicted molar refractivity (Wildman–Crippen MR) is 85.6 cm³/mol. The first kappa shape index (κ1) is 16.0. The normalized spacial score (nSPS) is 20.5. The molecule has 3 nitrogen and oxygen atoms in total. The van der Waals surface area contributed by atoms with Gasteiger partial charge in [0.2, 0.25) is 0 Å². The first-order valence-electron chi connectivity index (χ1n) is 8.02. The van der Waals surface area contributed by atoms with Crippen LogP contribution >= 0.6 is 0 Å². The third-order valence-electron chi connectivity index (χ3n) is 4.69. The minimum Gasteiger partial charge on any atom is -0.508 e. The van der Waals surface area contributed by atoms with Gasteiger partial charge in [0.1, 0.15) is 5.75 Å². The number of rotatable bonds is 4. The lowest BCUT2D eigenvalue weighted by atomic mass is 9.89. The molecule has 1 atom stereocenters. The summed E-state index contributed by atoms with van der Waals surface area (Å²) in [6, 6.07) is 5.17. The molecule has 1 aromatic rings. The number of phenolic OH excluding ortho intramolecular Hbond substituents is 1. The average molecular weight is 289 g/mol. The molecule has 1 heterocycles. The second kappa shape index (κ2) is 7.08. The monoisotopic (exact) mass is 289 g/mol. The number of hydrogen-bond acceptors (Lipinski definition) is 3. The Morgan fingerprint density at radius 3 is 2.76 bits per heavy atom. The maximum absolute atomic E-state index is 11.5. The summed E-state index contributed by atoms with van der Waals surface area (Å²) in [5, 5.41) is 10.0. The average Bonchev–Trinajstić information content (AvgIpc) is 2.66. The molecule has 1 unspecified atom stereocenters. The van der Waals surface area contributed by atoms with Crippen molar-refractivity contribution >= 4 is 5.78 Å². The molecule has 116 valence electrons. The van der Waals surface area contributed by atoms with Crippen LogP contribution in [0.2, 0.25) is 0 Å². The van der Waals surface area contributed by atoms with Crippen LogP contribution in [0.25, 0.3) is 0 Å². The Hall–Kier alpha value is -1.35. The number of phenols is 1. The molecule has 1 aliphatic heterocycles. The zero-order valence-corrected chi connectivity index (χ0v) is 13.4. The van der Waals surface area contributed by atoms with E-state index in [1.165, 1.54) is 19.3 Å². The summed E-state index contributed by atoms with van der Waals surface area (Å²) in [4.78, 5) is 13.9. The van der Waals surface area contributed by atoms with Crippen molar-refractivity contribution in [2.24, 2.45) is 11.8 Å². The molecule has 0 spiro atoms. The molecule has 0 aliphatic carbocycles. The fourth-order valence-corrected chi connectivity index (χ4v) is 3.18. The Morgan fingerprint density at radius 1 is 1.33 bits per heavy atom. The van der Waals surface area contributed by atoms with E-state index in [1.54, 1.807) is 19.1 Å². The predicted octanol–water partition coefficient (Wildman–Crippen LogP) is 3.85. The van der Waals surface area contributed by atoms with Crippen LogP contribution < -0.4 is 0 Å². The highest BCUT2D eigenvalue weighted by Crippen LogP contribution is 2.27. The zero-order chi connectivity index (χ0) is 15.4. The number of carbonyl (C=O) groups excluding carboxylic acids is 1. The summed E-state index contributed by atoms with van der Waals surface area (Å²) in [7, 11) is 0. The van der Waals surface area contributed by atoms with Crippen LogP contribution in [0.4, 0.5) is 0 Å². The highest BCUT2D eigenvalue weighted by molar-refractivity contribution is 5.94. The van der Waals surface area contributed by atoms with Crippen molar-refractivity contribution in [2.75, 3.05) is 13.1 Å². The van der Waals surface area contributed by atoms with Crippen LogP contribution in [0.1, 0.15) is 56.0 Å². The number of Topliss-reactive ketones (excluding diaryl/α,β-unsaturated/α-hetero) is 1. The highest BCUT2D eigenvalue weighted by Gasteiger charge is 2.20. The largest absolute Gasteiger partial charge is 0.508 e. The fraction of sp³-hybridized carbons (Fsp3) is 0.611. The lowest BCUT2D eigenvalue weighted by Gasteiger charge is -2.22. The molecule has 1 aliphatic rings. The zero-order valence-electron chi connectivity index (χ0n) is 13.4. The van der Waals surface area contributed by atoms with Crippen LogP contribution in [0, 0.1) is 11.8 Å². The lowest BCUT2D eigenvalue weighted by Crippen LogP contribution is -2.24. The van der Waals surface area contributed by atoms with Gasteiger partial charge in [-0.3, -0.25) is 9.69 Å². The van der Waals surface area contributed by atoms with E-state index >= 15 is 0 Å². The van der Waals surface area contributed by atoms with Crippen LogP contribution in [-0.4, -0.2) is 28.9 Å². The maximum atomic E-state index is 11.5. The SMILES string of the molecule is CC(=O)c1ccc(O)c(CN2CCCC(C(C)C)CC2)c1. The molecular weight excluding hydrogens is 262 g/mol. The van der Waals surface area contributed by atoms with E-state index in [9.17, 15) is 9.90 Å². The molecule has 0 radical (unpaired) electrons. The second-order valence-electron chi connectivity index (χ2n) is 6.61. The van der Waals surface area contributed by atoms with Crippen molar-refractivity contribution in [1.82, 2.24) is 4.90 Å². The molecule has 0 aromatic heterocycles. The third kappa shape index (κ3) is 4.31. The third-order valence-corrected chi connectivity index (χ3v) is 4.69. The van der Waals surface area contributed by atoms with E-state index in [1.807, 2.05) is 6.07 Å². The number of hydrogen-bond donors (Lipinski definition) is 1. The number of carbonyl (C=O) groups is 1. The molecule has 1 N–H and O–H groups in total. The molecule has 1 aromatic carbocycles. The first-order chi connectivity index (χ1) is 9.97. The van der Waals surface area contributed by atoms with Crippen LogP contribution in [-0.2, 0) is 6.54 Å². The number of ketones is 1. The lowest BCUT2D eigenvalue weighted by molar-refractivity contribution is 0.101. The van der Waals surface area contributed by atoms with Crippen molar-refractivity contribution in [1.29, 1.82) is 0 Å². The molecule has 1 saturated heterocycles. The topological polar surface area (TPSA) is 40.5 Å². The van der Waals surface area contributed by atoms with Gasteiger partial charge in [-0.15, -0.1) is 0 Å². The van der Waals surface area contributed by atoms with Gasteiger partial charge in [0, 0.05) is 17.7 Å². The molecule has 0 saturated carbocycles. The highest BCUT2D eigenvalue weighted by atomic mass is 16.3. The van der Waals surface area contributed by atoms with Gasteiger partial charge in [0.05, 0.1) is 0 Å². The Bertz CT molecular complexity index is 496. The van der Waals surface area contributed by atoms with Crippen molar-refractivity contribution in [2.45, 2.75) is 46.6 Å². The molecule has 1 fully saturated rings. The van der Waals surface area contributed by atoms with E-state index in [-0.39, 0.29) is 5.78 Å². The number of nitrogens with zero attached hydrogens (tertiary/aromatic N) is 1. The van der Waals surface area contributed by atoms with Gasteiger partial charge in [-0.05, 0) is 69.3 Å². The first-order valence-corrected chi connectivity index (χ1v) is 8.02. The number of aromatic hydroxyl groups is 1. The summed E-state index contributed by atoms with van der Waals surface area (Å²) in [6.07, 6.45) is 3.74. The Morgan fingerprint density at radius 2 is 2.10 bits per heavy atom. The summed E-state index contributed by atoms with van der Waals surface area (Å²) in [6.45, 7) is 9.07. The fourth-order valence-electron chi connectivity index (χ4n) is 3.18. The Labute approximate surface area is 128 Å². The smallest absolute Gasteiger partial charge is 0.159 e. The van der Waals surface area contributed by atoms with Crippen LogP contribution in [0.5, 0.6) is 5.75 Å². The molecule has 3 heteroatoms. The van der Waals surface area contributed by atoms with Crippen LogP contribution in [0.3, 0.4) is 0 Å². The summed E-state index contributed by atoms with van der Waals surface area (Å²) >= 11 is 0. The quantitative estimate of drug-likeness (QED) is 0.856. The van der Waals surface area contributed by atoms with Crippen molar-refractivity contribution in [3.05, 3.63) is 29.3 Å². The van der Waals surface area contributed by atoms with Gasteiger partial charge >= 0.3 is 0 Å². The van der Waals surface area contributed by atoms with E-state index < -0.39 is 0 Å². The molecule has 21 heavy (non-hydrogen) atoms. The van der Waals surface area contributed by atoms with E-state index in [2.05, 4.69) is 18.7 Å². The van der Waals surface area contributed by atoms with Crippen molar-refractivity contribution in [3.8, 4) is 5.75 Å². The Kier molecular flexibility index (Phi) is 5.40. The second-order valence-corrected chi connectivity index (χ2v) is 6.61. The van der Waals surface area contributed by atoms with Gasteiger partial charge < -0.3 is 5.11 Å². The minimum atomic E-state index is 0.0481. The van der Waals surface area contributed by atoms with E-state index in [0.29, 0.717) is 11.3 Å². The van der Waals surface area contributed by atoms with Crippen LogP contribution in [0.15, 0.2) is 18.2 Å². The summed E-state index contributed by atoms with van der Waals surface area (Å²) in [5.74, 6) is 1.91. The maximum Gasteiger partial charge on any atom is 0.159 e. The Balaban J connectivity index is 2.04. The van der Waals surface area contributed by atoms with E-state index in [4.69, 9.17) is 0 Å². The molecule has 2 rings (SSSR count). The molecular formula is C18H27NO2. The van der Waals surface area contributed by atoms with Crippen molar-refractivity contribution < 1.29 is 9.90 Å². The van der Waals surface area contributed by atoms with Gasteiger partial charge in [0.15, 0.2) is 5.78 Å². The van der Waals surface area contributed by atoms with E-state index in [0.717, 1.165) is 37.0 Å². The van der Waals surface area contributed by atoms with Gasteiger partial charge in [-0.2, -0.15) is 0 Å². The van der Waals surface area contributed by atoms with Crippen molar-refractivity contribution in [3.63, 3.8) is 0 Å². The van der Waals surface area contributed by atoms with Gasteiger partial charge in [-0.25, -0.2) is 0 Å². The summed E-state index contributed by atoms with van der Waals surface area (Å²) < 4.78 is 0.